The number of ether oxygens (including phenoxy) is 4. The van der Waals surface area contributed by atoms with Crippen LogP contribution >= 0.6 is 0 Å². The number of benzene rings is 5. The fraction of sp³-hybridized carbons (Fsp3) is 0.211. The predicted octanol–water partition coefficient (Wildman–Crippen LogP) is 9.87. The van der Waals surface area contributed by atoms with Crippen molar-refractivity contribution in [2.24, 2.45) is 0 Å². The van der Waals surface area contributed by atoms with Crippen LogP contribution in [0, 0.1) is 6.92 Å². The van der Waals surface area contributed by atoms with Crippen molar-refractivity contribution in [1.82, 2.24) is 0 Å². The van der Waals surface area contributed by atoms with E-state index < -0.39 is 0 Å². The Hall–Kier alpha value is -4.70. The van der Waals surface area contributed by atoms with Crippen LogP contribution in [0.2, 0.25) is 0 Å². The Morgan fingerprint density at radius 2 is 1.21 bits per heavy atom. The van der Waals surface area contributed by atoms with Gasteiger partial charge in [0.25, 0.3) is 0 Å². The van der Waals surface area contributed by atoms with E-state index in [0.717, 1.165) is 85.9 Å². The molecule has 0 saturated heterocycles. The number of hydrogen-bond acceptors (Lipinski definition) is 4. The molecule has 214 valence electrons. The van der Waals surface area contributed by atoms with Gasteiger partial charge in [-0.05, 0) is 71.5 Å². The molecule has 0 fully saturated rings. The zero-order chi connectivity index (χ0) is 29.5. The maximum absolute atomic E-state index is 6.84. The van der Waals surface area contributed by atoms with Gasteiger partial charge in [-0.2, -0.15) is 0 Å². The van der Waals surface area contributed by atoms with Gasteiger partial charge in [0, 0.05) is 22.3 Å². The molecule has 5 rings (SSSR count). The number of para-hydroxylation sites is 1. The minimum Gasteiger partial charge on any atom is -0.497 e. The Balaban J connectivity index is 2.01. The van der Waals surface area contributed by atoms with E-state index in [-0.39, 0.29) is 0 Å². The lowest BCUT2D eigenvalue weighted by atomic mass is 9.80. The average molecular weight is 559 g/mol. The van der Waals surface area contributed by atoms with E-state index in [4.69, 9.17) is 18.9 Å². The minimum atomic E-state index is 0.608. The lowest BCUT2D eigenvalue weighted by molar-refractivity contribution is 0.311. The summed E-state index contributed by atoms with van der Waals surface area (Å²) in [7, 11) is 5.11. The molecule has 0 aromatic heterocycles. The van der Waals surface area contributed by atoms with E-state index in [0.29, 0.717) is 6.61 Å². The van der Waals surface area contributed by atoms with Crippen molar-refractivity contribution >= 4 is 0 Å². The van der Waals surface area contributed by atoms with Crippen molar-refractivity contribution in [3.63, 3.8) is 0 Å². The topological polar surface area (TPSA) is 36.9 Å². The normalized spacial score (nSPS) is 10.8. The Morgan fingerprint density at radius 1 is 0.548 bits per heavy atom. The minimum absolute atomic E-state index is 0.608. The summed E-state index contributed by atoms with van der Waals surface area (Å²) in [4.78, 5) is 0. The highest BCUT2D eigenvalue weighted by Crippen LogP contribution is 2.54. The standard InChI is InChI=1S/C38H38O4/c1-6-7-24-42-38-35(27-14-9-8-10-15-27)26(2)34(28-20-22-30(39-3)23-21-28)36(29-16-13-17-31(25-29)40-4)37(38)32-18-11-12-19-33(32)41-5/h8-23,25H,6-7,24H2,1-5H3. The number of unbranched alkanes of at least 4 members (excludes halogenated alkanes) is 1. The molecule has 4 heteroatoms. The largest absolute Gasteiger partial charge is 0.497 e. The molecule has 0 atom stereocenters. The monoisotopic (exact) mass is 558 g/mol. The van der Waals surface area contributed by atoms with Crippen molar-refractivity contribution in [3.8, 4) is 67.5 Å². The molecule has 0 amide bonds. The van der Waals surface area contributed by atoms with Gasteiger partial charge in [0.15, 0.2) is 0 Å². The first-order valence-corrected chi connectivity index (χ1v) is 14.4. The molecule has 0 saturated carbocycles. The number of rotatable bonds is 11. The second kappa shape index (κ2) is 13.3. The summed E-state index contributed by atoms with van der Waals surface area (Å²) in [6, 6.07) is 35.2. The fourth-order valence-electron chi connectivity index (χ4n) is 5.56. The molecule has 42 heavy (non-hydrogen) atoms. The summed E-state index contributed by atoms with van der Waals surface area (Å²) < 4.78 is 24.0. The van der Waals surface area contributed by atoms with Crippen LogP contribution in [-0.2, 0) is 0 Å². The van der Waals surface area contributed by atoms with Crippen LogP contribution in [0.4, 0.5) is 0 Å². The molecule has 0 bridgehead atoms. The highest BCUT2D eigenvalue weighted by molar-refractivity contribution is 6.05. The molecule has 0 aliphatic carbocycles. The predicted molar refractivity (Wildman–Crippen MR) is 173 cm³/mol. The number of methoxy groups -OCH3 is 3. The lowest BCUT2D eigenvalue weighted by Gasteiger charge is -2.27. The van der Waals surface area contributed by atoms with E-state index in [1.54, 1.807) is 21.3 Å². The molecule has 5 aromatic carbocycles. The van der Waals surface area contributed by atoms with Crippen LogP contribution in [0.25, 0.3) is 44.5 Å². The van der Waals surface area contributed by atoms with E-state index >= 15 is 0 Å². The van der Waals surface area contributed by atoms with E-state index in [1.807, 2.05) is 42.5 Å². The molecule has 0 unspecified atom stereocenters. The first-order valence-electron chi connectivity index (χ1n) is 14.4. The summed E-state index contributed by atoms with van der Waals surface area (Å²) in [5.74, 6) is 3.24. The van der Waals surface area contributed by atoms with Crippen molar-refractivity contribution in [1.29, 1.82) is 0 Å². The zero-order valence-electron chi connectivity index (χ0n) is 25.1. The summed E-state index contributed by atoms with van der Waals surface area (Å²) in [5, 5.41) is 0. The SMILES string of the molecule is CCCCOc1c(-c2ccccc2)c(C)c(-c2ccc(OC)cc2)c(-c2cccc(OC)c2)c1-c1ccccc1OC. The Morgan fingerprint density at radius 3 is 1.90 bits per heavy atom. The maximum atomic E-state index is 6.84. The molecule has 0 aliphatic heterocycles. The van der Waals surface area contributed by atoms with Crippen LogP contribution in [0.5, 0.6) is 23.0 Å². The van der Waals surface area contributed by atoms with Crippen molar-refractivity contribution in [3.05, 3.63) is 109 Å². The van der Waals surface area contributed by atoms with E-state index in [1.165, 1.54) is 0 Å². The van der Waals surface area contributed by atoms with Crippen LogP contribution in [-0.4, -0.2) is 27.9 Å². The third-order valence-corrected chi connectivity index (χ3v) is 7.62. The molecule has 0 aliphatic rings. The summed E-state index contributed by atoms with van der Waals surface area (Å²) in [6.07, 6.45) is 1.99. The first-order chi connectivity index (χ1) is 20.6. The van der Waals surface area contributed by atoms with Gasteiger partial charge in [0.2, 0.25) is 0 Å². The smallest absolute Gasteiger partial charge is 0.136 e. The van der Waals surface area contributed by atoms with Gasteiger partial charge >= 0.3 is 0 Å². The third kappa shape index (κ3) is 5.71. The van der Waals surface area contributed by atoms with Crippen molar-refractivity contribution in [2.45, 2.75) is 26.7 Å². The highest BCUT2D eigenvalue weighted by Gasteiger charge is 2.28. The zero-order valence-corrected chi connectivity index (χ0v) is 25.1. The average Bonchev–Trinajstić information content (AvgIpc) is 3.05. The molecular formula is C38H38O4. The molecule has 4 nitrogen and oxygen atoms in total. The Bertz CT molecular complexity index is 1640. The highest BCUT2D eigenvalue weighted by atomic mass is 16.5. The van der Waals surface area contributed by atoms with Gasteiger partial charge in [0.05, 0.1) is 27.9 Å². The molecule has 5 aromatic rings. The second-order valence-electron chi connectivity index (χ2n) is 10.2. The summed E-state index contributed by atoms with van der Waals surface area (Å²) in [5.41, 5.74) is 9.57. The van der Waals surface area contributed by atoms with Crippen LogP contribution < -0.4 is 18.9 Å². The van der Waals surface area contributed by atoms with Crippen molar-refractivity contribution in [2.75, 3.05) is 27.9 Å². The van der Waals surface area contributed by atoms with Crippen molar-refractivity contribution < 1.29 is 18.9 Å². The first kappa shape index (κ1) is 28.8. The Labute approximate surface area is 249 Å². The summed E-state index contributed by atoms with van der Waals surface area (Å²) in [6.45, 7) is 4.99. The molecule has 0 spiro atoms. The molecule has 0 N–H and O–H groups in total. The fourth-order valence-corrected chi connectivity index (χ4v) is 5.56. The van der Waals surface area contributed by atoms with Gasteiger partial charge < -0.3 is 18.9 Å². The Kier molecular flexibility index (Phi) is 9.13. The molecule has 0 radical (unpaired) electrons. The van der Waals surface area contributed by atoms with Crippen LogP contribution in [0.3, 0.4) is 0 Å². The number of hydrogen-bond donors (Lipinski definition) is 0. The maximum Gasteiger partial charge on any atom is 0.136 e. The van der Waals surface area contributed by atoms with Crippen LogP contribution in [0.15, 0.2) is 103 Å². The van der Waals surface area contributed by atoms with E-state index in [9.17, 15) is 0 Å². The second-order valence-corrected chi connectivity index (χ2v) is 10.2. The lowest BCUT2D eigenvalue weighted by Crippen LogP contribution is -2.06. The van der Waals surface area contributed by atoms with Gasteiger partial charge in [0.1, 0.15) is 23.0 Å². The third-order valence-electron chi connectivity index (χ3n) is 7.62. The van der Waals surface area contributed by atoms with Crippen LogP contribution in [0.1, 0.15) is 25.3 Å². The van der Waals surface area contributed by atoms with E-state index in [2.05, 4.69) is 74.5 Å². The van der Waals surface area contributed by atoms with Gasteiger partial charge in [-0.25, -0.2) is 0 Å². The summed E-state index contributed by atoms with van der Waals surface area (Å²) >= 11 is 0. The molecular weight excluding hydrogens is 520 g/mol. The van der Waals surface area contributed by atoms with Gasteiger partial charge in [-0.3, -0.25) is 0 Å². The molecule has 0 heterocycles. The van der Waals surface area contributed by atoms with Gasteiger partial charge in [-0.15, -0.1) is 0 Å². The van der Waals surface area contributed by atoms with Gasteiger partial charge in [-0.1, -0.05) is 86.1 Å². The quantitative estimate of drug-likeness (QED) is 0.151.